The van der Waals surface area contributed by atoms with E-state index < -0.39 is 0 Å². The molecule has 0 N–H and O–H groups in total. The minimum atomic E-state index is 0.958. The summed E-state index contributed by atoms with van der Waals surface area (Å²) in [5, 5.41) is 0. The van der Waals surface area contributed by atoms with Crippen LogP contribution in [0.25, 0.3) is 0 Å². The summed E-state index contributed by atoms with van der Waals surface area (Å²) in [6.07, 6.45) is 12.4. The Morgan fingerprint density at radius 1 is 0.944 bits per heavy atom. The van der Waals surface area contributed by atoms with Crippen LogP contribution < -0.4 is 0 Å². The summed E-state index contributed by atoms with van der Waals surface area (Å²) in [6.45, 7) is 9.93. The van der Waals surface area contributed by atoms with E-state index in [9.17, 15) is 0 Å². The number of benzene rings is 1. The standard InChI is InChI=1S/C18H26/c1-4-7-8-9-12-16-13-14-17(10-5-2)18(15-16)11-6-3/h5-6,13-15H,2-4,7-12H2,1H3. The number of unbranched alkanes of at least 4 members (excludes halogenated alkanes) is 3. The van der Waals surface area contributed by atoms with Gasteiger partial charge in [-0.2, -0.15) is 0 Å². The summed E-state index contributed by atoms with van der Waals surface area (Å²) >= 11 is 0. The van der Waals surface area contributed by atoms with Gasteiger partial charge in [0, 0.05) is 0 Å². The molecule has 0 aliphatic carbocycles. The number of rotatable bonds is 9. The molecule has 18 heavy (non-hydrogen) atoms. The van der Waals surface area contributed by atoms with Gasteiger partial charge in [-0.3, -0.25) is 0 Å². The normalized spacial score (nSPS) is 10.3. The van der Waals surface area contributed by atoms with Crippen molar-refractivity contribution in [1.82, 2.24) is 0 Å². The van der Waals surface area contributed by atoms with Crippen LogP contribution in [0.5, 0.6) is 0 Å². The first-order valence-electron chi connectivity index (χ1n) is 7.14. The highest BCUT2D eigenvalue weighted by atomic mass is 14.1. The largest absolute Gasteiger partial charge is 0.103 e. The summed E-state index contributed by atoms with van der Waals surface area (Å²) in [4.78, 5) is 0. The Kier molecular flexibility index (Phi) is 7.17. The molecule has 0 nitrogen and oxygen atoms in total. The third kappa shape index (κ3) is 4.91. The van der Waals surface area contributed by atoms with Gasteiger partial charge in [-0.1, -0.05) is 56.5 Å². The fraction of sp³-hybridized carbons (Fsp3) is 0.444. The van der Waals surface area contributed by atoms with E-state index >= 15 is 0 Å². The average Bonchev–Trinajstić information content (AvgIpc) is 2.38. The first-order valence-corrected chi connectivity index (χ1v) is 7.14. The molecule has 1 aromatic carbocycles. The smallest absolute Gasteiger partial charge is 0.00972 e. The fourth-order valence-electron chi connectivity index (χ4n) is 2.29. The van der Waals surface area contributed by atoms with Crippen molar-refractivity contribution in [3.63, 3.8) is 0 Å². The summed E-state index contributed by atoms with van der Waals surface area (Å²) < 4.78 is 0. The van der Waals surface area contributed by atoms with Crippen LogP contribution in [-0.4, -0.2) is 0 Å². The van der Waals surface area contributed by atoms with Gasteiger partial charge in [0.1, 0.15) is 0 Å². The molecule has 1 rings (SSSR count). The van der Waals surface area contributed by atoms with Crippen molar-refractivity contribution in [3.05, 3.63) is 60.2 Å². The second-order valence-corrected chi connectivity index (χ2v) is 4.90. The van der Waals surface area contributed by atoms with E-state index in [1.807, 2.05) is 12.2 Å². The van der Waals surface area contributed by atoms with E-state index in [2.05, 4.69) is 38.3 Å². The Morgan fingerprint density at radius 2 is 1.67 bits per heavy atom. The van der Waals surface area contributed by atoms with Crippen molar-refractivity contribution in [1.29, 1.82) is 0 Å². The second-order valence-electron chi connectivity index (χ2n) is 4.90. The predicted molar refractivity (Wildman–Crippen MR) is 82.1 cm³/mol. The highest BCUT2D eigenvalue weighted by molar-refractivity contribution is 5.34. The maximum absolute atomic E-state index is 3.85. The molecule has 0 saturated heterocycles. The quantitative estimate of drug-likeness (QED) is 0.409. The molecule has 0 aromatic heterocycles. The highest BCUT2D eigenvalue weighted by Crippen LogP contribution is 2.16. The summed E-state index contributed by atoms with van der Waals surface area (Å²) in [5.41, 5.74) is 4.27. The van der Waals surface area contributed by atoms with Gasteiger partial charge < -0.3 is 0 Å². The zero-order valence-corrected chi connectivity index (χ0v) is 11.8. The third-order valence-electron chi connectivity index (χ3n) is 3.32. The Hall–Kier alpha value is -1.30. The number of hydrogen-bond acceptors (Lipinski definition) is 0. The van der Waals surface area contributed by atoms with Crippen LogP contribution in [0.4, 0.5) is 0 Å². The van der Waals surface area contributed by atoms with Crippen LogP contribution in [-0.2, 0) is 19.3 Å². The molecule has 0 aliphatic heterocycles. The van der Waals surface area contributed by atoms with Gasteiger partial charge in [0.15, 0.2) is 0 Å². The van der Waals surface area contributed by atoms with E-state index in [4.69, 9.17) is 0 Å². The summed E-state index contributed by atoms with van der Waals surface area (Å²) in [7, 11) is 0. The SMILES string of the molecule is C=CCc1ccc(CCCCCC)cc1CC=C. The Morgan fingerprint density at radius 3 is 2.33 bits per heavy atom. The first kappa shape index (κ1) is 14.8. The Labute approximate surface area is 112 Å². The fourth-order valence-corrected chi connectivity index (χ4v) is 2.29. The van der Waals surface area contributed by atoms with Gasteiger partial charge in [0.05, 0.1) is 0 Å². The van der Waals surface area contributed by atoms with Gasteiger partial charge in [-0.05, 0) is 42.4 Å². The van der Waals surface area contributed by atoms with Crippen molar-refractivity contribution < 1.29 is 0 Å². The molecule has 0 radical (unpaired) electrons. The van der Waals surface area contributed by atoms with E-state index in [0.717, 1.165) is 12.8 Å². The predicted octanol–water partition coefficient (Wildman–Crippen LogP) is 5.27. The van der Waals surface area contributed by atoms with Crippen LogP contribution >= 0.6 is 0 Å². The molecular weight excluding hydrogens is 216 g/mol. The van der Waals surface area contributed by atoms with Crippen molar-refractivity contribution in [2.75, 3.05) is 0 Å². The van der Waals surface area contributed by atoms with Crippen LogP contribution in [0, 0.1) is 0 Å². The van der Waals surface area contributed by atoms with Crippen molar-refractivity contribution >= 4 is 0 Å². The number of hydrogen-bond donors (Lipinski definition) is 0. The van der Waals surface area contributed by atoms with Crippen molar-refractivity contribution in [2.24, 2.45) is 0 Å². The molecule has 0 fully saturated rings. The molecule has 0 atom stereocenters. The van der Waals surface area contributed by atoms with E-state index in [0.29, 0.717) is 0 Å². The lowest BCUT2D eigenvalue weighted by Crippen LogP contribution is -1.95. The van der Waals surface area contributed by atoms with E-state index in [1.165, 1.54) is 48.8 Å². The molecule has 0 heterocycles. The number of allylic oxidation sites excluding steroid dienone is 2. The second kappa shape index (κ2) is 8.74. The minimum absolute atomic E-state index is 0.958. The molecule has 1 aromatic rings. The maximum Gasteiger partial charge on any atom is -0.00972 e. The molecule has 0 bridgehead atoms. The lowest BCUT2D eigenvalue weighted by atomic mass is 9.96. The molecule has 0 heteroatoms. The molecular formula is C18H26. The summed E-state index contributed by atoms with van der Waals surface area (Å²) in [5.74, 6) is 0. The number of aryl methyl sites for hydroxylation is 1. The van der Waals surface area contributed by atoms with E-state index in [-0.39, 0.29) is 0 Å². The lowest BCUT2D eigenvalue weighted by molar-refractivity contribution is 0.666. The van der Waals surface area contributed by atoms with Crippen LogP contribution in [0.2, 0.25) is 0 Å². The Balaban J connectivity index is 2.66. The van der Waals surface area contributed by atoms with Gasteiger partial charge >= 0.3 is 0 Å². The Bertz CT molecular complexity index is 374. The zero-order chi connectivity index (χ0) is 13.2. The molecule has 0 spiro atoms. The van der Waals surface area contributed by atoms with E-state index in [1.54, 1.807) is 0 Å². The topological polar surface area (TPSA) is 0 Å². The van der Waals surface area contributed by atoms with Gasteiger partial charge in [-0.15, -0.1) is 13.2 Å². The van der Waals surface area contributed by atoms with Gasteiger partial charge in [0.2, 0.25) is 0 Å². The zero-order valence-electron chi connectivity index (χ0n) is 11.8. The first-order chi connectivity index (χ1) is 8.81. The molecule has 0 saturated carbocycles. The minimum Gasteiger partial charge on any atom is -0.103 e. The van der Waals surface area contributed by atoms with Gasteiger partial charge in [-0.25, -0.2) is 0 Å². The summed E-state index contributed by atoms with van der Waals surface area (Å²) in [6, 6.07) is 6.89. The average molecular weight is 242 g/mol. The van der Waals surface area contributed by atoms with Crippen LogP contribution in [0.3, 0.4) is 0 Å². The van der Waals surface area contributed by atoms with Crippen molar-refractivity contribution in [3.8, 4) is 0 Å². The highest BCUT2D eigenvalue weighted by Gasteiger charge is 2.02. The van der Waals surface area contributed by atoms with Gasteiger partial charge in [0.25, 0.3) is 0 Å². The third-order valence-corrected chi connectivity index (χ3v) is 3.32. The van der Waals surface area contributed by atoms with Crippen LogP contribution in [0.1, 0.15) is 49.3 Å². The molecule has 0 unspecified atom stereocenters. The molecule has 0 aliphatic rings. The lowest BCUT2D eigenvalue weighted by Gasteiger charge is -2.09. The molecule has 98 valence electrons. The monoisotopic (exact) mass is 242 g/mol. The maximum atomic E-state index is 3.85. The van der Waals surface area contributed by atoms with Crippen LogP contribution in [0.15, 0.2) is 43.5 Å². The van der Waals surface area contributed by atoms with Crippen molar-refractivity contribution in [2.45, 2.75) is 51.9 Å². The molecule has 0 amide bonds.